The zero-order chi connectivity index (χ0) is 15.1. The second-order valence-electron chi connectivity index (χ2n) is 5.33. The molecule has 0 atom stereocenters. The first-order chi connectivity index (χ1) is 10.2. The van der Waals surface area contributed by atoms with Gasteiger partial charge in [-0.3, -0.25) is 15.1 Å². The van der Waals surface area contributed by atoms with E-state index in [4.69, 9.17) is 0 Å². The van der Waals surface area contributed by atoms with Gasteiger partial charge in [-0.1, -0.05) is 31.4 Å². The van der Waals surface area contributed by atoms with Crippen LogP contribution in [0.2, 0.25) is 0 Å². The molecule has 1 aromatic carbocycles. The second kappa shape index (κ2) is 9.60. The van der Waals surface area contributed by atoms with E-state index in [-0.39, 0.29) is 34.6 Å². The molecule has 6 nitrogen and oxygen atoms in total. The Labute approximate surface area is 148 Å². The van der Waals surface area contributed by atoms with E-state index in [0.717, 1.165) is 11.5 Å². The fourth-order valence-corrected chi connectivity index (χ4v) is 2.56. The van der Waals surface area contributed by atoms with E-state index in [2.05, 4.69) is 15.6 Å². The smallest absolute Gasteiger partial charge is 0.269 e. The molecule has 1 aromatic rings. The minimum absolute atomic E-state index is 0. The molecule has 0 unspecified atom stereocenters. The molecule has 1 saturated carbocycles. The third kappa shape index (κ3) is 5.78. The van der Waals surface area contributed by atoms with Crippen molar-refractivity contribution in [2.24, 2.45) is 4.99 Å². The van der Waals surface area contributed by atoms with E-state index in [1.807, 2.05) is 0 Å². The van der Waals surface area contributed by atoms with E-state index in [1.165, 1.54) is 44.2 Å². The van der Waals surface area contributed by atoms with Crippen molar-refractivity contribution in [3.05, 3.63) is 39.9 Å². The number of hydrogen-bond donors (Lipinski definition) is 2. The number of nitro benzene ring substituents is 1. The van der Waals surface area contributed by atoms with Crippen LogP contribution in [-0.4, -0.2) is 24.0 Å². The van der Waals surface area contributed by atoms with Gasteiger partial charge in [-0.05, 0) is 18.4 Å². The SMILES string of the molecule is CN=C(NCc1ccc([N+](=O)[O-])cc1)NC1CCCCC1.I. The summed E-state index contributed by atoms with van der Waals surface area (Å²) in [5.41, 5.74) is 1.11. The molecule has 22 heavy (non-hydrogen) atoms. The van der Waals surface area contributed by atoms with Gasteiger partial charge < -0.3 is 10.6 Å². The summed E-state index contributed by atoms with van der Waals surface area (Å²) < 4.78 is 0. The van der Waals surface area contributed by atoms with Crippen LogP contribution in [0.5, 0.6) is 0 Å². The molecule has 7 heteroatoms. The lowest BCUT2D eigenvalue weighted by molar-refractivity contribution is -0.384. The molecule has 0 aliphatic heterocycles. The number of non-ortho nitro benzene ring substituents is 1. The lowest BCUT2D eigenvalue weighted by atomic mass is 9.96. The lowest BCUT2D eigenvalue weighted by Crippen LogP contribution is -2.43. The van der Waals surface area contributed by atoms with Gasteiger partial charge in [0.25, 0.3) is 5.69 Å². The van der Waals surface area contributed by atoms with Crippen LogP contribution in [0, 0.1) is 10.1 Å². The minimum atomic E-state index is -0.388. The topological polar surface area (TPSA) is 79.6 Å². The van der Waals surface area contributed by atoms with Gasteiger partial charge in [-0.2, -0.15) is 0 Å². The molecule has 0 spiro atoms. The average Bonchev–Trinajstić information content (AvgIpc) is 2.52. The van der Waals surface area contributed by atoms with Gasteiger partial charge in [0.2, 0.25) is 0 Å². The van der Waals surface area contributed by atoms with Gasteiger partial charge in [0.1, 0.15) is 0 Å². The third-order valence-corrected chi connectivity index (χ3v) is 3.78. The molecule has 0 radical (unpaired) electrons. The number of benzene rings is 1. The number of guanidine groups is 1. The van der Waals surface area contributed by atoms with E-state index in [0.29, 0.717) is 12.6 Å². The Hall–Kier alpha value is -1.38. The summed E-state index contributed by atoms with van der Waals surface area (Å²) in [5.74, 6) is 0.792. The number of halogens is 1. The van der Waals surface area contributed by atoms with Crippen molar-refractivity contribution in [3.8, 4) is 0 Å². The molecule has 0 saturated heterocycles. The number of hydrogen-bond acceptors (Lipinski definition) is 3. The van der Waals surface area contributed by atoms with Crippen molar-refractivity contribution in [1.82, 2.24) is 10.6 Å². The van der Waals surface area contributed by atoms with E-state index < -0.39 is 0 Å². The highest BCUT2D eigenvalue weighted by molar-refractivity contribution is 14.0. The summed E-state index contributed by atoms with van der Waals surface area (Å²) >= 11 is 0. The predicted octanol–water partition coefficient (Wildman–Crippen LogP) is 3.21. The molecule has 1 aliphatic carbocycles. The maximum atomic E-state index is 10.6. The first-order valence-corrected chi connectivity index (χ1v) is 7.39. The van der Waals surface area contributed by atoms with Gasteiger partial charge in [0.05, 0.1) is 4.92 Å². The van der Waals surface area contributed by atoms with Gasteiger partial charge in [-0.25, -0.2) is 0 Å². The van der Waals surface area contributed by atoms with Crippen molar-refractivity contribution in [3.63, 3.8) is 0 Å². The Balaban J connectivity index is 0.00000242. The van der Waals surface area contributed by atoms with E-state index in [1.54, 1.807) is 19.2 Å². The zero-order valence-electron chi connectivity index (χ0n) is 12.7. The molecule has 1 aliphatic rings. The molecular weight excluding hydrogens is 395 g/mol. The Morgan fingerprint density at radius 1 is 1.27 bits per heavy atom. The van der Waals surface area contributed by atoms with Gasteiger partial charge in [0.15, 0.2) is 5.96 Å². The van der Waals surface area contributed by atoms with Gasteiger partial charge in [0, 0.05) is 31.8 Å². The molecule has 2 rings (SSSR count). The highest BCUT2D eigenvalue weighted by atomic mass is 127. The molecular formula is C15H23IN4O2. The molecule has 122 valence electrons. The maximum absolute atomic E-state index is 10.6. The monoisotopic (exact) mass is 418 g/mol. The van der Waals surface area contributed by atoms with Gasteiger partial charge >= 0.3 is 0 Å². The molecule has 0 heterocycles. The van der Waals surface area contributed by atoms with Crippen LogP contribution in [0.25, 0.3) is 0 Å². The van der Waals surface area contributed by atoms with E-state index in [9.17, 15) is 10.1 Å². The number of nitrogens with one attached hydrogen (secondary N) is 2. The van der Waals surface area contributed by atoms with Crippen LogP contribution in [0.4, 0.5) is 5.69 Å². The number of nitro groups is 1. The van der Waals surface area contributed by atoms with Crippen LogP contribution >= 0.6 is 24.0 Å². The number of aliphatic imine (C=N–C) groups is 1. The lowest BCUT2D eigenvalue weighted by Gasteiger charge is -2.24. The van der Waals surface area contributed by atoms with Crippen molar-refractivity contribution in [2.75, 3.05) is 7.05 Å². The summed E-state index contributed by atoms with van der Waals surface area (Å²) in [7, 11) is 1.76. The van der Waals surface area contributed by atoms with Crippen LogP contribution < -0.4 is 10.6 Å². The quantitative estimate of drug-likeness (QED) is 0.259. The van der Waals surface area contributed by atoms with E-state index >= 15 is 0 Å². The first-order valence-electron chi connectivity index (χ1n) is 7.39. The molecule has 0 amide bonds. The highest BCUT2D eigenvalue weighted by Crippen LogP contribution is 2.17. The maximum Gasteiger partial charge on any atom is 0.269 e. The third-order valence-electron chi connectivity index (χ3n) is 3.78. The summed E-state index contributed by atoms with van der Waals surface area (Å²) in [6.07, 6.45) is 6.26. The summed E-state index contributed by atoms with van der Waals surface area (Å²) in [5, 5.41) is 17.3. The molecule has 0 aromatic heterocycles. The number of rotatable bonds is 4. The van der Waals surface area contributed by atoms with Crippen LogP contribution in [-0.2, 0) is 6.54 Å². The summed E-state index contributed by atoms with van der Waals surface area (Å²) in [4.78, 5) is 14.4. The summed E-state index contributed by atoms with van der Waals surface area (Å²) in [6, 6.07) is 7.07. The van der Waals surface area contributed by atoms with Crippen molar-refractivity contribution >= 4 is 35.6 Å². The van der Waals surface area contributed by atoms with Crippen molar-refractivity contribution in [1.29, 1.82) is 0 Å². The predicted molar refractivity (Wildman–Crippen MR) is 98.7 cm³/mol. The Bertz CT molecular complexity index is 499. The Kier molecular flexibility index (Phi) is 8.15. The molecule has 2 N–H and O–H groups in total. The normalized spacial score (nSPS) is 15.8. The zero-order valence-corrected chi connectivity index (χ0v) is 15.1. The fourth-order valence-electron chi connectivity index (χ4n) is 2.56. The average molecular weight is 418 g/mol. The van der Waals surface area contributed by atoms with Crippen molar-refractivity contribution in [2.45, 2.75) is 44.7 Å². The van der Waals surface area contributed by atoms with Crippen LogP contribution in [0.15, 0.2) is 29.3 Å². The standard InChI is InChI=1S/C15H22N4O2.HI/c1-16-15(18-13-5-3-2-4-6-13)17-11-12-7-9-14(10-8-12)19(20)21;/h7-10,13H,2-6,11H2,1H3,(H2,16,17,18);1H. The van der Waals surface area contributed by atoms with Gasteiger partial charge in [-0.15, -0.1) is 24.0 Å². The van der Waals surface area contributed by atoms with Crippen molar-refractivity contribution < 1.29 is 4.92 Å². The Morgan fingerprint density at radius 3 is 2.45 bits per heavy atom. The molecule has 1 fully saturated rings. The number of nitrogens with zero attached hydrogens (tertiary/aromatic N) is 2. The second-order valence-corrected chi connectivity index (χ2v) is 5.33. The first kappa shape index (κ1) is 18.7. The van der Waals surface area contributed by atoms with Crippen LogP contribution in [0.1, 0.15) is 37.7 Å². The molecule has 0 bridgehead atoms. The fraction of sp³-hybridized carbons (Fsp3) is 0.533. The summed E-state index contributed by atoms with van der Waals surface area (Å²) in [6.45, 7) is 0.602. The Morgan fingerprint density at radius 2 is 1.91 bits per heavy atom. The minimum Gasteiger partial charge on any atom is -0.354 e. The highest BCUT2D eigenvalue weighted by Gasteiger charge is 2.14. The largest absolute Gasteiger partial charge is 0.354 e. The van der Waals surface area contributed by atoms with Crippen LogP contribution in [0.3, 0.4) is 0 Å².